The quantitative estimate of drug-likeness (QED) is 0.403. The molecule has 0 unspecified atom stereocenters. The van der Waals surface area contributed by atoms with Gasteiger partial charge in [-0.25, -0.2) is 0 Å². The molecule has 0 saturated carbocycles. The fourth-order valence-electron chi connectivity index (χ4n) is 1.19. The van der Waals surface area contributed by atoms with E-state index in [1.807, 2.05) is 25.1 Å². The zero-order chi connectivity index (χ0) is 9.68. The number of nitrogens with zero attached hydrogens (tertiary/aromatic N) is 3. The molecule has 0 spiro atoms. The summed E-state index contributed by atoms with van der Waals surface area (Å²) in [5, 5.41) is 4.21. The van der Waals surface area contributed by atoms with Gasteiger partial charge in [0.05, 0.1) is 0 Å². The number of azide groups is 1. The second-order valence-electron chi connectivity index (χ2n) is 2.74. The van der Waals surface area contributed by atoms with E-state index < -0.39 is 0 Å². The highest BCUT2D eigenvalue weighted by Crippen LogP contribution is 2.19. The molecule has 0 aliphatic rings. The van der Waals surface area contributed by atoms with Gasteiger partial charge in [-0.1, -0.05) is 28.8 Å². The number of benzene rings is 1. The van der Waals surface area contributed by atoms with Gasteiger partial charge in [0.1, 0.15) is 0 Å². The van der Waals surface area contributed by atoms with E-state index in [2.05, 4.69) is 10.0 Å². The smallest absolute Gasteiger partial charge is 0.0440 e. The summed E-state index contributed by atoms with van der Waals surface area (Å²) in [6.07, 6.45) is 0.704. The molecule has 0 N–H and O–H groups in total. The van der Waals surface area contributed by atoms with Crippen LogP contribution in [0.25, 0.3) is 10.4 Å². The molecule has 4 heteroatoms. The van der Waals surface area contributed by atoms with Crippen LogP contribution in [0.4, 0.5) is 0 Å². The fourth-order valence-corrected chi connectivity index (χ4v) is 1.51. The standard InChI is InChI=1S/C9H10ClN3/c1-7-3-2-4-9(10)8(7)5-6-12-13-11/h2-4H,5-6H2,1H3. The van der Waals surface area contributed by atoms with Gasteiger partial charge in [-0.3, -0.25) is 0 Å². The molecular formula is C9H10ClN3. The first-order valence-electron chi connectivity index (χ1n) is 4.00. The van der Waals surface area contributed by atoms with E-state index in [-0.39, 0.29) is 0 Å². The minimum Gasteiger partial charge on any atom is -0.0936 e. The number of hydrogen-bond acceptors (Lipinski definition) is 1. The summed E-state index contributed by atoms with van der Waals surface area (Å²) in [5.41, 5.74) is 10.3. The van der Waals surface area contributed by atoms with Crippen LogP contribution < -0.4 is 0 Å². The van der Waals surface area contributed by atoms with Crippen molar-refractivity contribution in [3.8, 4) is 0 Å². The molecule has 0 fully saturated rings. The third-order valence-corrected chi connectivity index (χ3v) is 2.23. The SMILES string of the molecule is Cc1cccc(Cl)c1CCN=[N+]=[N-]. The lowest BCUT2D eigenvalue weighted by Gasteiger charge is -2.05. The Labute approximate surface area is 82.0 Å². The molecule has 1 aromatic rings. The van der Waals surface area contributed by atoms with E-state index in [0.29, 0.717) is 13.0 Å². The number of aryl methyl sites for hydroxylation is 1. The zero-order valence-corrected chi connectivity index (χ0v) is 8.12. The molecule has 1 rings (SSSR count). The summed E-state index contributed by atoms with van der Waals surface area (Å²) in [6.45, 7) is 2.46. The molecule has 13 heavy (non-hydrogen) atoms. The van der Waals surface area contributed by atoms with Gasteiger partial charge in [0.2, 0.25) is 0 Å². The summed E-state index contributed by atoms with van der Waals surface area (Å²) in [7, 11) is 0. The van der Waals surface area contributed by atoms with Crippen LogP contribution >= 0.6 is 11.6 Å². The lowest BCUT2D eigenvalue weighted by Crippen LogP contribution is -1.93. The summed E-state index contributed by atoms with van der Waals surface area (Å²) in [5.74, 6) is 0. The molecular weight excluding hydrogens is 186 g/mol. The predicted octanol–water partition coefficient (Wildman–Crippen LogP) is 3.50. The topological polar surface area (TPSA) is 48.8 Å². The first-order chi connectivity index (χ1) is 6.25. The minimum atomic E-state index is 0.459. The average Bonchev–Trinajstić information content (AvgIpc) is 2.10. The normalized spacial score (nSPS) is 9.38. The molecule has 0 heterocycles. The van der Waals surface area contributed by atoms with Crippen molar-refractivity contribution >= 4 is 11.6 Å². The van der Waals surface area contributed by atoms with Crippen molar-refractivity contribution in [3.05, 3.63) is 44.8 Å². The van der Waals surface area contributed by atoms with E-state index in [1.54, 1.807) is 0 Å². The molecule has 0 aliphatic heterocycles. The van der Waals surface area contributed by atoms with Crippen molar-refractivity contribution in [2.75, 3.05) is 6.54 Å². The highest BCUT2D eigenvalue weighted by Gasteiger charge is 2.01. The van der Waals surface area contributed by atoms with Crippen LogP contribution in [0, 0.1) is 6.92 Å². The molecule has 0 atom stereocenters. The Morgan fingerprint density at radius 1 is 1.54 bits per heavy atom. The molecule has 0 saturated heterocycles. The van der Waals surface area contributed by atoms with Gasteiger partial charge >= 0.3 is 0 Å². The molecule has 0 aliphatic carbocycles. The highest BCUT2D eigenvalue weighted by atomic mass is 35.5. The maximum atomic E-state index is 8.11. The van der Waals surface area contributed by atoms with Gasteiger partial charge in [-0.05, 0) is 36.1 Å². The number of hydrogen-bond donors (Lipinski definition) is 0. The minimum absolute atomic E-state index is 0.459. The van der Waals surface area contributed by atoms with Crippen LogP contribution in [0.5, 0.6) is 0 Å². The van der Waals surface area contributed by atoms with Crippen LogP contribution in [-0.4, -0.2) is 6.54 Å². The molecule has 0 amide bonds. The summed E-state index contributed by atoms with van der Waals surface area (Å²) in [6, 6.07) is 5.76. The van der Waals surface area contributed by atoms with Crippen molar-refractivity contribution < 1.29 is 0 Å². The van der Waals surface area contributed by atoms with Gasteiger partial charge in [-0.15, -0.1) is 0 Å². The Hall–Kier alpha value is -1.18. The highest BCUT2D eigenvalue weighted by molar-refractivity contribution is 6.31. The maximum Gasteiger partial charge on any atom is 0.0440 e. The number of rotatable bonds is 3. The first kappa shape index (κ1) is 9.90. The van der Waals surface area contributed by atoms with E-state index in [0.717, 1.165) is 16.1 Å². The van der Waals surface area contributed by atoms with Gasteiger partial charge in [-0.2, -0.15) is 0 Å². The molecule has 0 bridgehead atoms. The fraction of sp³-hybridized carbons (Fsp3) is 0.333. The largest absolute Gasteiger partial charge is 0.0936 e. The van der Waals surface area contributed by atoms with Crippen LogP contribution in [-0.2, 0) is 6.42 Å². The second-order valence-corrected chi connectivity index (χ2v) is 3.15. The van der Waals surface area contributed by atoms with Crippen molar-refractivity contribution in [2.24, 2.45) is 5.11 Å². The predicted molar refractivity (Wildman–Crippen MR) is 53.9 cm³/mol. The Kier molecular flexibility index (Phi) is 3.62. The third kappa shape index (κ3) is 2.65. The average molecular weight is 196 g/mol. The van der Waals surface area contributed by atoms with Crippen molar-refractivity contribution in [2.45, 2.75) is 13.3 Å². The Morgan fingerprint density at radius 2 is 2.31 bits per heavy atom. The van der Waals surface area contributed by atoms with Gasteiger partial charge < -0.3 is 0 Å². The van der Waals surface area contributed by atoms with E-state index in [4.69, 9.17) is 17.1 Å². The Bertz CT molecular complexity index is 322. The van der Waals surface area contributed by atoms with Crippen LogP contribution in [0.3, 0.4) is 0 Å². The lowest BCUT2D eigenvalue weighted by molar-refractivity contribution is 0.947. The van der Waals surface area contributed by atoms with Gasteiger partial charge in [0.25, 0.3) is 0 Å². The van der Waals surface area contributed by atoms with E-state index >= 15 is 0 Å². The van der Waals surface area contributed by atoms with Crippen LogP contribution in [0.1, 0.15) is 11.1 Å². The van der Waals surface area contributed by atoms with Crippen molar-refractivity contribution in [1.29, 1.82) is 0 Å². The molecule has 0 radical (unpaired) electrons. The van der Waals surface area contributed by atoms with Crippen LogP contribution in [0.15, 0.2) is 23.3 Å². The molecule has 68 valence electrons. The first-order valence-corrected chi connectivity index (χ1v) is 4.38. The Morgan fingerprint density at radius 3 is 2.92 bits per heavy atom. The zero-order valence-electron chi connectivity index (χ0n) is 7.37. The lowest BCUT2D eigenvalue weighted by atomic mass is 10.1. The van der Waals surface area contributed by atoms with E-state index in [1.165, 1.54) is 0 Å². The van der Waals surface area contributed by atoms with Gasteiger partial charge in [0.15, 0.2) is 0 Å². The summed E-state index contributed by atoms with van der Waals surface area (Å²) < 4.78 is 0. The molecule has 0 aromatic heterocycles. The van der Waals surface area contributed by atoms with Crippen molar-refractivity contribution in [1.82, 2.24) is 0 Å². The monoisotopic (exact) mass is 195 g/mol. The number of halogens is 1. The van der Waals surface area contributed by atoms with E-state index in [9.17, 15) is 0 Å². The second kappa shape index (κ2) is 4.75. The Balaban J connectivity index is 2.80. The van der Waals surface area contributed by atoms with Gasteiger partial charge in [0, 0.05) is 16.5 Å². The maximum absolute atomic E-state index is 8.11. The van der Waals surface area contributed by atoms with Crippen molar-refractivity contribution in [3.63, 3.8) is 0 Å². The summed E-state index contributed by atoms with van der Waals surface area (Å²) in [4.78, 5) is 2.69. The molecule has 3 nitrogen and oxygen atoms in total. The molecule has 1 aromatic carbocycles. The van der Waals surface area contributed by atoms with Crippen LogP contribution in [0.2, 0.25) is 5.02 Å². The third-order valence-electron chi connectivity index (χ3n) is 1.88. The summed E-state index contributed by atoms with van der Waals surface area (Å²) >= 11 is 5.97.